The maximum atomic E-state index is 6.86. The number of pyridine rings is 1. The Balaban J connectivity index is 0.00000672. The molecule has 0 amide bonds. The maximum absolute atomic E-state index is 6.86. The van der Waals surface area contributed by atoms with Crippen molar-refractivity contribution >= 4 is 44.6 Å². The molecule has 0 aliphatic carbocycles. The molecule has 77 heavy (non-hydrogen) atoms. The third kappa shape index (κ3) is 9.82. The fraction of sp³-hybridized carbons (Fsp3) is 0.239. The first-order chi connectivity index (χ1) is 36.2. The van der Waals surface area contributed by atoms with Crippen LogP contribution in [0.5, 0.6) is 11.5 Å². The fourth-order valence-electron chi connectivity index (χ4n) is 11.1. The molecule has 6 heteroatoms. The molecular formula is C71H69N4OPt-3. The summed E-state index contributed by atoms with van der Waals surface area (Å²) < 4.78 is 9.08. The summed E-state index contributed by atoms with van der Waals surface area (Å²) in [5.41, 5.74) is 15.1. The number of fused-ring (bicyclic) bond motifs is 4. The third-order valence-electron chi connectivity index (χ3n) is 16.1. The van der Waals surface area contributed by atoms with Crippen molar-refractivity contribution in [3.63, 3.8) is 0 Å². The van der Waals surface area contributed by atoms with Crippen LogP contribution in [-0.4, -0.2) is 9.55 Å². The predicted octanol–water partition coefficient (Wildman–Crippen LogP) is 18.6. The first-order valence-corrected chi connectivity index (χ1v) is 26.8. The zero-order chi connectivity index (χ0) is 53.4. The van der Waals surface area contributed by atoms with E-state index in [1.54, 1.807) is 0 Å². The zero-order valence-corrected chi connectivity index (χ0v) is 48.8. The third-order valence-corrected chi connectivity index (χ3v) is 16.1. The molecule has 3 heterocycles. The van der Waals surface area contributed by atoms with Crippen molar-refractivity contribution in [2.24, 2.45) is 0 Å². The van der Waals surface area contributed by atoms with Crippen molar-refractivity contribution in [2.45, 2.75) is 110 Å². The molecule has 0 spiro atoms. The Bertz CT molecular complexity index is 3730. The molecule has 11 rings (SSSR count). The topological polar surface area (TPSA) is 33.5 Å². The van der Waals surface area contributed by atoms with Crippen LogP contribution in [0.3, 0.4) is 0 Å². The summed E-state index contributed by atoms with van der Waals surface area (Å²) in [6.45, 7) is 30.1. The van der Waals surface area contributed by atoms with Crippen molar-refractivity contribution in [2.75, 3.05) is 9.80 Å². The molecule has 8 aromatic carbocycles. The number of anilines is 4. The molecular weight excluding hydrogens is 1120 g/mol. The van der Waals surface area contributed by atoms with Gasteiger partial charge in [0.25, 0.3) is 0 Å². The Morgan fingerprint density at radius 1 is 0.429 bits per heavy atom. The van der Waals surface area contributed by atoms with Gasteiger partial charge in [0.2, 0.25) is 0 Å². The fourth-order valence-corrected chi connectivity index (χ4v) is 11.1. The Labute approximate surface area is 471 Å². The van der Waals surface area contributed by atoms with E-state index in [0.29, 0.717) is 11.5 Å². The van der Waals surface area contributed by atoms with Gasteiger partial charge in [-0.2, -0.15) is 12.1 Å². The van der Waals surface area contributed by atoms with Gasteiger partial charge in [-0.3, -0.25) is 0 Å². The second kappa shape index (κ2) is 20.0. The standard InChI is InChI=1S/C71H69N4O.Pt/c1-67(2,3)52-39-53(68(4,5)6)41-55(40-52)74-47-73(64-45-60(70(9,10)49-27-18-14-19-28-49)61(46-65(64)74)71(11,12)50-29-20-15-21-30-50)54-31-24-32-56(43-54)76-57-35-36-59-58-33-22-23-34-62(58)75(63(59)44-57)66-42-51(37-38-72-66)69(7,8)48-25-16-13-17-26-48;/h13-42,45-47H,1-12H3;/q-3;. The molecule has 0 saturated carbocycles. The number of para-hydroxylation sites is 1. The molecule has 5 nitrogen and oxygen atoms in total. The normalized spacial score (nSPS) is 13.2. The Morgan fingerprint density at radius 2 is 0.948 bits per heavy atom. The minimum Gasteiger partial charge on any atom is -0.509 e. The largest absolute Gasteiger partial charge is 0.509 e. The number of hydrogen-bond donors (Lipinski definition) is 0. The quantitative estimate of drug-likeness (QED) is 0.121. The number of rotatable bonds is 11. The minimum atomic E-state index is -0.358. The Morgan fingerprint density at radius 3 is 1.52 bits per heavy atom. The van der Waals surface area contributed by atoms with Gasteiger partial charge in [-0.05, 0) is 103 Å². The van der Waals surface area contributed by atoms with Crippen LogP contribution >= 0.6 is 0 Å². The average molecular weight is 1190 g/mol. The van der Waals surface area contributed by atoms with Crippen molar-refractivity contribution in [3.8, 4) is 17.3 Å². The molecule has 0 bridgehead atoms. The molecule has 0 saturated heterocycles. The van der Waals surface area contributed by atoms with Gasteiger partial charge in [0.15, 0.2) is 0 Å². The molecule has 0 N–H and O–H groups in total. The van der Waals surface area contributed by atoms with Gasteiger partial charge in [-0.1, -0.05) is 204 Å². The van der Waals surface area contributed by atoms with E-state index >= 15 is 0 Å². The Kier molecular flexibility index (Phi) is 13.8. The van der Waals surface area contributed by atoms with Gasteiger partial charge in [0, 0.05) is 77.6 Å². The van der Waals surface area contributed by atoms with Crippen LogP contribution in [0, 0.1) is 18.8 Å². The van der Waals surface area contributed by atoms with E-state index in [-0.39, 0.29) is 48.1 Å². The average Bonchev–Trinajstić information content (AvgIpc) is 4.02. The van der Waals surface area contributed by atoms with Crippen LogP contribution in [0.1, 0.15) is 128 Å². The minimum absolute atomic E-state index is 0. The summed E-state index contributed by atoms with van der Waals surface area (Å²) in [7, 11) is 0. The number of hydrogen-bond acceptors (Lipinski definition) is 4. The molecule has 0 unspecified atom stereocenters. The van der Waals surface area contributed by atoms with E-state index in [0.717, 1.165) is 50.4 Å². The summed E-state index contributed by atoms with van der Waals surface area (Å²) in [6.07, 6.45) is 1.92. The Hall–Kier alpha value is -7.20. The summed E-state index contributed by atoms with van der Waals surface area (Å²) in [4.78, 5) is 9.69. The predicted molar refractivity (Wildman–Crippen MR) is 317 cm³/mol. The van der Waals surface area contributed by atoms with E-state index in [2.05, 4.69) is 292 Å². The molecule has 1 aliphatic rings. The van der Waals surface area contributed by atoms with Crippen LogP contribution in [0.15, 0.2) is 194 Å². The zero-order valence-electron chi connectivity index (χ0n) is 46.6. The van der Waals surface area contributed by atoms with Gasteiger partial charge in [-0.15, -0.1) is 48.1 Å². The van der Waals surface area contributed by atoms with Gasteiger partial charge in [-0.25, -0.2) is 4.98 Å². The van der Waals surface area contributed by atoms with E-state index in [1.807, 2.05) is 18.3 Å². The van der Waals surface area contributed by atoms with E-state index in [1.165, 1.54) is 44.5 Å². The smallest absolute Gasteiger partial charge is 0.135 e. The number of aromatic nitrogens is 2. The summed E-state index contributed by atoms with van der Waals surface area (Å²) >= 11 is 0. The molecule has 392 valence electrons. The number of ether oxygens (including phenoxy) is 1. The van der Waals surface area contributed by atoms with Crippen molar-refractivity contribution in [1.29, 1.82) is 0 Å². The van der Waals surface area contributed by atoms with E-state index < -0.39 is 0 Å². The SMILES string of the molecule is CC(C)(C)c1cc(N2[CH-]N(c3[c-]c(Oc4[c-]c5c(cc4)c4ccccc4n5-c4cc(C(C)(C)c5ccccc5)ccn4)ccc3)c3cc(C(C)(C)c4ccccc4)c(C(C)(C)c4ccccc4)cc32)cc(C(C)(C)C)c1.[Pt]. The first kappa shape index (κ1) is 53.2. The van der Waals surface area contributed by atoms with Gasteiger partial charge in [0.05, 0.1) is 0 Å². The summed E-state index contributed by atoms with van der Waals surface area (Å²) in [5.74, 6) is 2.01. The van der Waals surface area contributed by atoms with Crippen LogP contribution in [0.4, 0.5) is 22.7 Å². The number of benzene rings is 8. The molecule has 2 aromatic heterocycles. The first-order valence-electron chi connectivity index (χ1n) is 26.8. The summed E-state index contributed by atoms with van der Waals surface area (Å²) in [6, 6.07) is 75.3. The van der Waals surface area contributed by atoms with Crippen LogP contribution in [-0.2, 0) is 48.1 Å². The van der Waals surface area contributed by atoms with Crippen LogP contribution in [0.25, 0.3) is 27.6 Å². The van der Waals surface area contributed by atoms with Crippen LogP contribution < -0.4 is 14.5 Å². The molecule has 10 aromatic rings. The number of nitrogens with zero attached hydrogens (tertiary/aromatic N) is 4. The molecule has 0 atom stereocenters. The van der Waals surface area contributed by atoms with Crippen molar-refractivity contribution < 1.29 is 25.8 Å². The van der Waals surface area contributed by atoms with Crippen molar-refractivity contribution in [1.82, 2.24) is 9.55 Å². The summed E-state index contributed by atoms with van der Waals surface area (Å²) in [5, 5.41) is 2.21. The maximum Gasteiger partial charge on any atom is 0.135 e. The molecule has 0 fully saturated rings. The van der Waals surface area contributed by atoms with Gasteiger partial charge < -0.3 is 19.1 Å². The van der Waals surface area contributed by atoms with Crippen molar-refractivity contribution in [3.05, 3.63) is 258 Å². The van der Waals surface area contributed by atoms with Gasteiger partial charge >= 0.3 is 0 Å². The van der Waals surface area contributed by atoms with Crippen LogP contribution in [0.2, 0.25) is 0 Å². The van der Waals surface area contributed by atoms with E-state index in [4.69, 9.17) is 9.72 Å². The van der Waals surface area contributed by atoms with E-state index in [9.17, 15) is 0 Å². The molecule has 0 radical (unpaired) electrons. The second-order valence-corrected chi connectivity index (χ2v) is 24.3. The second-order valence-electron chi connectivity index (χ2n) is 24.3. The monoisotopic (exact) mass is 1190 g/mol. The molecule has 1 aliphatic heterocycles. The van der Waals surface area contributed by atoms with Gasteiger partial charge in [0.1, 0.15) is 5.82 Å².